The number of ether oxygens (including phenoxy) is 1. The summed E-state index contributed by atoms with van der Waals surface area (Å²) in [6.07, 6.45) is 4.86. The third kappa shape index (κ3) is 7.62. The minimum atomic E-state index is -0.241. The Bertz CT molecular complexity index is 782. The van der Waals surface area contributed by atoms with Gasteiger partial charge in [0.05, 0.1) is 4.58 Å². The maximum atomic E-state index is 11.9. The Morgan fingerprint density at radius 3 is 2.45 bits per heavy atom. The summed E-state index contributed by atoms with van der Waals surface area (Å²) in [4.78, 5) is 27.7. The van der Waals surface area contributed by atoms with Crippen LogP contribution in [0.5, 0.6) is 5.75 Å². The second-order valence-electron chi connectivity index (χ2n) is 6.52. The van der Waals surface area contributed by atoms with Crippen molar-refractivity contribution in [3.8, 4) is 5.75 Å². The van der Waals surface area contributed by atoms with Gasteiger partial charge in [0.1, 0.15) is 5.75 Å². The first-order chi connectivity index (χ1) is 14.2. The summed E-state index contributed by atoms with van der Waals surface area (Å²) < 4.78 is 6.03. The Morgan fingerprint density at radius 2 is 1.72 bits per heavy atom. The van der Waals surface area contributed by atoms with E-state index in [1.165, 1.54) is 23.5 Å². The zero-order valence-electron chi connectivity index (χ0n) is 16.1. The van der Waals surface area contributed by atoms with Gasteiger partial charge < -0.3 is 15.4 Å². The lowest BCUT2D eigenvalue weighted by Crippen LogP contribution is -2.33. The summed E-state index contributed by atoms with van der Waals surface area (Å²) in [6, 6.07) is 11.6. The second kappa shape index (κ2) is 11.7. The molecular weight excluding hydrogens is 406 g/mol. The van der Waals surface area contributed by atoms with Gasteiger partial charge in [0.2, 0.25) is 5.91 Å². The molecule has 1 aliphatic rings. The van der Waals surface area contributed by atoms with Crippen LogP contribution in [-0.2, 0) is 16.1 Å². The second-order valence-corrected chi connectivity index (χ2v) is 9.24. The quantitative estimate of drug-likeness (QED) is 0.635. The Kier molecular flexibility index (Phi) is 8.70. The monoisotopic (exact) mass is 431 g/mol. The van der Waals surface area contributed by atoms with Gasteiger partial charge in [-0.15, -0.1) is 23.5 Å². The van der Waals surface area contributed by atoms with Crippen molar-refractivity contribution in [3.63, 3.8) is 0 Å². The molecule has 8 heteroatoms. The number of amides is 2. The molecule has 0 aliphatic carbocycles. The van der Waals surface area contributed by atoms with E-state index in [0.29, 0.717) is 16.9 Å². The third-order valence-corrected chi connectivity index (χ3v) is 7.28. The van der Waals surface area contributed by atoms with Crippen LogP contribution in [-0.4, -0.2) is 41.5 Å². The van der Waals surface area contributed by atoms with Crippen LogP contribution in [0.15, 0.2) is 48.8 Å². The van der Waals surface area contributed by atoms with Crippen molar-refractivity contribution in [2.45, 2.75) is 24.0 Å². The van der Waals surface area contributed by atoms with E-state index in [9.17, 15) is 9.59 Å². The van der Waals surface area contributed by atoms with Crippen LogP contribution in [0.4, 0.5) is 0 Å². The van der Waals surface area contributed by atoms with E-state index >= 15 is 0 Å². The standard InChI is InChI=1S/C21H25N3O3S2/c25-19(24-14-16-6-9-22-10-7-16)8-11-23-20(26)15-27-18-4-2-17(3-5-18)21-28-12-1-13-29-21/h2-7,9-10,21H,1,8,11-15H2,(H,23,26)(H,24,25). The maximum absolute atomic E-state index is 11.9. The number of aromatic nitrogens is 1. The van der Waals surface area contributed by atoms with Crippen molar-refractivity contribution in [2.75, 3.05) is 24.7 Å². The highest BCUT2D eigenvalue weighted by atomic mass is 32.2. The smallest absolute Gasteiger partial charge is 0.257 e. The lowest BCUT2D eigenvalue weighted by atomic mass is 10.2. The largest absolute Gasteiger partial charge is 0.484 e. The van der Waals surface area contributed by atoms with E-state index in [2.05, 4.69) is 27.8 Å². The Labute approximate surface area is 179 Å². The van der Waals surface area contributed by atoms with Gasteiger partial charge in [-0.2, -0.15) is 0 Å². The van der Waals surface area contributed by atoms with Crippen molar-refractivity contribution < 1.29 is 14.3 Å². The van der Waals surface area contributed by atoms with E-state index in [0.717, 1.165) is 5.56 Å². The van der Waals surface area contributed by atoms with Crippen molar-refractivity contribution in [1.82, 2.24) is 15.6 Å². The van der Waals surface area contributed by atoms with Crippen molar-refractivity contribution in [2.24, 2.45) is 0 Å². The average Bonchev–Trinajstić information content (AvgIpc) is 2.78. The van der Waals surface area contributed by atoms with Gasteiger partial charge in [0.15, 0.2) is 6.61 Å². The zero-order valence-corrected chi connectivity index (χ0v) is 17.8. The van der Waals surface area contributed by atoms with Gasteiger partial charge in [-0.1, -0.05) is 12.1 Å². The van der Waals surface area contributed by atoms with Gasteiger partial charge in [-0.3, -0.25) is 14.6 Å². The van der Waals surface area contributed by atoms with E-state index in [1.807, 2.05) is 47.8 Å². The van der Waals surface area contributed by atoms with Crippen molar-refractivity contribution in [1.29, 1.82) is 0 Å². The van der Waals surface area contributed by atoms with Crippen LogP contribution in [0.1, 0.15) is 28.6 Å². The number of hydrogen-bond donors (Lipinski definition) is 2. The fourth-order valence-corrected chi connectivity index (χ4v) is 5.60. The highest BCUT2D eigenvalue weighted by Crippen LogP contribution is 2.43. The summed E-state index contributed by atoms with van der Waals surface area (Å²) in [5, 5.41) is 5.51. The van der Waals surface area contributed by atoms with Gasteiger partial charge >= 0.3 is 0 Å². The molecule has 0 saturated carbocycles. The molecule has 2 N–H and O–H groups in total. The Hall–Kier alpha value is -2.19. The molecule has 3 rings (SSSR count). The van der Waals surface area contributed by atoms with Crippen LogP contribution in [0, 0.1) is 0 Å². The van der Waals surface area contributed by atoms with Crippen molar-refractivity contribution >= 4 is 35.3 Å². The number of rotatable bonds is 9. The molecule has 6 nitrogen and oxygen atoms in total. The number of nitrogens with zero attached hydrogens (tertiary/aromatic N) is 1. The minimum Gasteiger partial charge on any atom is -0.484 e. The first-order valence-corrected chi connectivity index (χ1v) is 11.7. The summed E-state index contributed by atoms with van der Waals surface area (Å²) in [5.74, 6) is 2.73. The zero-order chi connectivity index (χ0) is 20.3. The lowest BCUT2D eigenvalue weighted by Gasteiger charge is -2.21. The summed E-state index contributed by atoms with van der Waals surface area (Å²) >= 11 is 3.95. The molecule has 0 unspecified atom stereocenters. The molecule has 2 amide bonds. The van der Waals surface area contributed by atoms with Crippen molar-refractivity contribution in [3.05, 3.63) is 59.9 Å². The molecule has 1 saturated heterocycles. The van der Waals surface area contributed by atoms with Crippen LogP contribution >= 0.6 is 23.5 Å². The molecule has 0 spiro atoms. The maximum Gasteiger partial charge on any atom is 0.257 e. The molecule has 1 fully saturated rings. The van der Waals surface area contributed by atoms with Gasteiger partial charge in [0, 0.05) is 31.9 Å². The van der Waals surface area contributed by atoms with Crippen LogP contribution in [0.3, 0.4) is 0 Å². The van der Waals surface area contributed by atoms with Gasteiger partial charge in [0.25, 0.3) is 5.91 Å². The predicted molar refractivity (Wildman–Crippen MR) is 118 cm³/mol. The Balaban J connectivity index is 1.30. The predicted octanol–water partition coefficient (Wildman–Crippen LogP) is 3.15. The molecule has 0 atom stereocenters. The number of thioether (sulfide) groups is 2. The highest BCUT2D eigenvalue weighted by Gasteiger charge is 2.16. The lowest BCUT2D eigenvalue weighted by molar-refractivity contribution is -0.123. The summed E-state index contributed by atoms with van der Waals surface area (Å²) in [6.45, 7) is 0.663. The molecule has 2 aromatic rings. The van der Waals surface area contributed by atoms with Crippen LogP contribution < -0.4 is 15.4 Å². The topological polar surface area (TPSA) is 80.3 Å². The first-order valence-electron chi connectivity index (χ1n) is 9.59. The van der Waals surface area contributed by atoms with E-state index < -0.39 is 0 Å². The number of pyridine rings is 1. The SMILES string of the molecule is O=C(CCNC(=O)COc1ccc(C2SCCCS2)cc1)NCc1ccncc1. The fraction of sp³-hybridized carbons (Fsp3) is 0.381. The van der Waals surface area contributed by atoms with E-state index in [4.69, 9.17) is 4.74 Å². The number of carbonyl (C=O) groups is 2. The van der Waals surface area contributed by atoms with E-state index in [1.54, 1.807) is 12.4 Å². The number of nitrogens with one attached hydrogen (secondary N) is 2. The normalized spacial score (nSPS) is 14.2. The highest BCUT2D eigenvalue weighted by molar-refractivity contribution is 8.16. The number of carbonyl (C=O) groups excluding carboxylic acids is 2. The summed E-state index contributed by atoms with van der Waals surface area (Å²) in [7, 11) is 0. The minimum absolute atomic E-state index is 0.0646. The van der Waals surface area contributed by atoms with Crippen LogP contribution in [0.2, 0.25) is 0 Å². The first kappa shape index (κ1) is 21.5. The molecule has 154 valence electrons. The molecule has 29 heavy (non-hydrogen) atoms. The number of benzene rings is 1. The van der Waals surface area contributed by atoms with Gasteiger partial charge in [-0.05, 0) is 53.3 Å². The van der Waals surface area contributed by atoms with E-state index in [-0.39, 0.29) is 31.4 Å². The van der Waals surface area contributed by atoms with Gasteiger partial charge in [-0.25, -0.2) is 0 Å². The number of hydrogen-bond acceptors (Lipinski definition) is 6. The molecule has 2 heterocycles. The third-order valence-electron chi connectivity index (χ3n) is 4.26. The molecule has 1 aromatic carbocycles. The average molecular weight is 432 g/mol. The molecule has 0 bridgehead atoms. The molecular formula is C21H25N3O3S2. The molecule has 0 radical (unpaired) electrons. The Morgan fingerprint density at radius 1 is 1.00 bits per heavy atom. The summed E-state index contributed by atoms with van der Waals surface area (Å²) in [5.41, 5.74) is 2.27. The van der Waals surface area contributed by atoms with Crippen LogP contribution in [0.25, 0.3) is 0 Å². The molecule has 1 aliphatic heterocycles. The molecule has 1 aromatic heterocycles. The fourth-order valence-electron chi connectivity index (χ4n) is 2.71.